The van der Waals surface area contributed by atoms with Crippen molar-refractivity contribution in [3.05, 3.63) is 35.9 Å². The number of nitrogens with two attached hydrogens (primary N) is 1. The van der Waals surface area contributed by atoms with Crippen LogP contribution in [0.2, 0.25) is 0 Å². The van der Waals surface area contributed by atoms with Crippen LogP contribution in [0.5, 0.6) is 5.88 Å². The van der Waals surface area contributed by atoms with Gasteiger partial charge < -0.3 is 19.8 Å². The van der Waals surface area contributed by atoms with Crippen molar-refractivity contribution in [2.75, 3.05) is 25.1 Å². The number of carbonyl (C=O) groups excluding carboxylic acids is 1. The molecule has 0 radical (unpaired) electrons. The predicted octanol–water partition coefficient (Wildman–Crippen LogP) is 2.83. The van der Waals surface area contributed by atoms with Crippen molar-refractivity contribution in [1.82, 2.24) is 19.4 Å². The van der Waals surface area contributed by atoms with Crippen molar-refractivity contribution in [2.45, 2.75) is 25.9 Å². The number of carbonyl (C=O) groups is 1. The summed E-state index contributed by atoms with van der Waals surface area (Å²) in [4.78, 5) is 25.7. The fourth-order valence-corrected chi connectivity index (χ4v) is 3.80. The van der Waals surface area contributed by atoms with Crippen LogP contribution in [-0.4, -0.2) is 45.5 Å². The summed E-state index contributed by atoms with van der Waals surface area (Å²) in [5.74, 6) is -0.710. The molecule has 1 aliphatic rings. The summed E-state index contributed by atoms with van der Waals surface area (Å²) in [6, 6.07) is 1.04. The monoisotopic (exact) mass is 434 g/mol. The van der Waals surface area contributed by atoms with Gasteiger partial charge in [-0.25, -0.2) is 15.0 Å². The average molecular weight is 434 g/mol. The number of aromatic nitrogens is 4. The number of halogens is 3. The normalized spacial score (nSPS) is 15.5. The summed E-state index contributed by atoms with van der Waals surface area (Å²) in [5.41, 5.74) is 6.14. The van der Waals surface area contributed by atoms with Crippen LogP contribution in [0.15, 0.2) is 24.7 Å². The standard InChI is InChI=1S/C20H21F3N6O2/c1-11-9-29-10-15(27-19(31-2)18(29)26-11)13-7-14(20(21,22)23)17(25-8-13)28-5-3-12(4-6-28)16(24)30/h7-10,12H,3-6H2,1-2H3,(H2,24,30). The molecule has 0 spiro atoms. The SMILES string of the molecule is COc1nc(-c2cnc(N3CCC(C(N)=O)CC3)c(C(F)(F)F)c2)cn2cc(C)nc12. The van der Waals surface area contributed by atoms with Crippen molar-refractivity contribution < 1.29 is 22.7 Å². The van der Waals surface area contributed by atoms with E-state index >= 15 is 0 Å². The smallest absolute Gasteiger partial charge is 0.419 e. The molecule has 3 aromatic rings. The quantitative estimate of drug-likeness (QED) is 0.678. The van der Waals surface area contributed by atoms with Crippen LogP contribution in [0.4, 0.5) is 19.0 Å². The molecule has 4 rings (SSSR count). The topological polar surface area (TPSA) is 98.6 Å². The highest BCUT2D eigenvalue weighted by Crippen LogP contribution is 2.39. The van der Waals surface area contributed by atoms with Crippen molar-refractivity contribution in [3.63, 3.8) is 0 Å². The number of nitrogens with zero attached hydrogens (tertiary/aromatic N) is 5. The molecule has 0 unspecified atom stereocenters. The lowest BCUT2D eigenvalue weighted by Crippen LogP contribution is -2.39. The second kappa shape index (κ2) is 7.71. The highest BCUT2D eigenvalue weighted by molar-refractivity contribution is 5.77. The van der Waals surface area contributed by atoms with E-state index in [1.807, 2.05) is 0 Å². The molecule has 0 aliphatic carbocycles. The minimum absolute atomic E-state index is 0.161. The van der Waals surface area contributed by atoms with E-state index in [0.717, 1.165) is 11.8 Å². The molecule has 1 fully saturated rings. The summed E-state index contributed by atoms with van der Waals surface area (Å²) >= 11 is 0. The number of aryl methyl sites for hydroxylation is 1. The van der Waals surface area contributed by atoms with Gasteiger partial charge in [0.15, 0.2) is 0 Å². The van der Waals surface area contributed by atoms with Crippen molar-refractivity contribution in [3.8, 4) is 17.1 Å². The predicted molar refractivity (Wildman–Crippen MR) is 107 cm³/mol. The number of methoxy groups -OCH3 is 1. The summed E-state index contributed by atoms with van der Waals surface area (Å²) < 4.78 is 48.6. The van der Waals surface area contributed by atoms with Crippen molar-refractivity contribution >= 4 is 17.4 Å². The van der Waals surface area contributed by atoms with Crippen LogP contribution in [0, 0.1) is 12.8 Å². The van der Waals surface area contributed by atoms with Gasteiger partial charge in [0.2, 0.25) is 11.6 Å². The maximum atomic E-state index is 13.9. The minimum Gasteiger partial charge on any atom is -0.478 e. The Labute approximate surface area is 175 Å². The maximum absolute atomic E-state index is 13.9. The van der Waals surface area contributed by atoms with Gasteiger partial charge in [0, 0.05) is 43.2 Å². The number of primary amides is 1. The molecule has 1 aliphatic heterocycles. The van der Waals surface area contributed by atoms with Crippen LogP contribution in [-0.2, 0) is 11.0 Å². The zero-order chi connectivity index (χ0) is 22.3. The van der Waals surface area contributed by atoms with Crippen LogP contribution >= 0.6 is 0 Å². The van der Waals surface area contributed by atoms with Gasteiger partial charge in [-0.1, -0.05) is 0 Å². The number of ether oxygens (including phenoxy) is 1. The molecular weight excluding hydrogens is 413 g/mol. The van der Waals surface area contributed by atoms with Gasteiger partial charge in [-0.15, -0.1) is 0 Å². The minimum atomic E-state index is -4.61. The third-order valence-corrected chi connectivity index (χ3v) is 5.39. The molecule has 0 atom stereocenters. The van der Waals surface area contributed by atoms with Crippen LogP contribution in [0.1, 0.15) is 24.1 Å². The fraction of sp³-hybridized carbons (Fsp3) is 0.400. The lowest BCUT2D eigenvalue weighted by atomic mass is 9.96. The Hall–Kier alpha value is -3.37. The Morgan fingerprint density at radius 1 is 1.23 bits per heavy atom. The third kappa shape index (κ3) is 3.99. The summed E-state index contributed by atoms with van der Waals surface area (Å²) in [6.45, 7) is 2.34. The fourth-order valence-electron chi connectivity index (χ4n) is 3.80. The Balaban J connectivity index is 1.74. The average Bonchev–Trinajstić information content (AvgIpc) is 3.12. The van der Waals surface area contributed by atoms with E-state index in [2.05, 4.69) is 15.0 Å². The molecule has 1 amide bonds. The third-order valence-electron chi connectivity index (χ3n) is 5.39. The first-order valence-electron chi connectivity index (χ1n) is 9.69. The van der Waals surface area contributed by atoms with E-state index < -0.39 is 17.6 Å². The van der Waals surface area contributed by atoms with E-state index in [9.17, 15) is 18.0 Å². The number of anilines is 1. The zero-order valence-corrected chi connectivity index (χ0v) is 17.0. The Morgan fingerprint density at radius 3 is 2.55 bits per heavy atom. The number of alkyl halides is 3. The molecule has 3 aromatic heterocycles. The number of pyridine rings is 1. The zero-order valence-electron chi connectivity index (χ0n) is 17.0. The van der Waals surface area contributed by atoms with Gasteiger partial charge in [0.1, 0.15) is 5.82 Å². The highest BCUT2D eigenvalue weighted by Gasteiger charge is 2.37. The molecule has 2 N–H and O–H groups in total. The lowest BCUT2D eigenvalue weighted by molar-refractivity contribution is -0.137. The Kier molecular flexibility index (Phi) is 5.19. The molecule has 11 heteroatoms. The van der Waals surface area contributed by atoms with E-state index in [1.165, 1.54) is 13.3 Å². The Bertz CT molecular complexity index is 1140. The van der Waals surface area contributed by atoms with Gasteiger partial charge in [-0.3, -0.25) is 4.79 Å². The number of amides is 1. The summed E-state index contributed by atoms with van der Waals surface area (Å²) in [5, 5.41) is 0. The van der Waals surface area contributed by atoms with Crippen LogP contribution in [0.25, 0.3) is 16.9 Å². The molecule has 164 valence electrons. The number of piperidine rings is 1. The number of imidazole rings is 1. The van der Waals surface area contributed by atoms with E-state index in [-0.39, 0.29) is 42.0 Å². The molecule has 1 saturated heterocycles. The number of fused-ring (bicyclic) bond motifs is 1. The molecule has 8 nitrogen and oxygen atoms in total. The summed E-state index contributed by atoms with van der Waals surface area (Å²) in [6.07, 6.45) is 0.864. The maximum Gasteiger partial charge on any atom is 0.419 e. The largest absolute Gasteiger partial charge is 0.478 e. The van der Waals surface area contributed by atoms with E-state index in [4.69, 9.17) is 10.5 Å². The number of hydrogen-bond acceptors (Lipinski definition) is 6. The molecule has 0 aromatic carbocycles. The van der Waals surface area contributed by atoms with Crippen LogP contribution in [0.3, 0.4) is 0 Å². The van der Waals surface area contributed by atoms with E-state index in [1.54, 1.807) is 28.6 Å². The Morgan fingerprint density at radius 2 is 1.94 bits per heavy atom. The first-order chi connectivity index (χ1) is 14.7. The number of hydrogen-bond donors (Lipinski definition) is 1. The molecule has 0 saturated carbocycles. The molecule has 4 heterocycles. The lowest BCUT2D eigenvalue weighted by Gasteiger charge is -2.33. The van der Waals surface area contributed by atoms with Crippen LogP contribution < -0.4 is 15.4 Å². The van der Waals surface area contributed by atoms with Gasteiger partial charge in [0.05, 0.1) is 24.1 Å². The summed E-state index contributed by atoms with van der Waals surface area (Å²) in [7, 11) is 1.42. The number of rotatable bonds is 4. The van der Waals surface area contributed by atoms with Gasteiger partial charge >= 0.3 is 6.18 Å². The first kappa shape index (κ1) is 20.9. The van der Waals surface area contributed by atoms with E-state index in [0.29, 0.717) is 18.5 Å². The van der Waals surface area contributed by atoms with Crippen molar-refractivity contribution in [2.24, 2.45) is 11.7 Å². The highest BCUT2D eigenvalue weighted by atomic mass is 19.4. The molecular formula is C20H21F3N6O2. The second-order valence-corrected chi connectivity index (χ2v) is 7.51. The second-order valence-electron chi connectivity index (χ2n) is 7.51. The van der Waals surface area contributed by atoms with Gasteiger partial charge in [-0.05, 0) is 25.8 Å². The molecule has 0 bridgehead atoms. The van der Waals surface area contributed by atoms with Gasteiger partial charge in [-0.2, -0.15) is 13.2 Å². The molecule has 31 heavy (non-hydrogen) atoms. The van der Waals surface area contributed by atoms with Crippen molar-refractivity contribution in [1.29, 1.82) is 0 Å². The van der Waals surface area contributed by atoms with Gasteiger partial charge in [0.25, 0.3) is 5.88 Å². The first-order valence-corrected chi connectivity index (χ1v) is 9.69.